The highest BCUT2D eigenvalue weighted by Crippen LogP contribution is 2.10. The van der Waals surface area contributed by atoms with Crippen molar-refractivity contribution in [1.82, 2.24) is 0 Å². The number of hydrogen-bond donors (Lipinski definition) is 1. The lowest BCUT2D eigenvalue weighted by molar-refractivity contribution is -0.402. The zero-order valence-corrected chi connectivity index (χ0v) is 17.2. The molecule has 0 aromatic rings. The van der Waals surface area contributed by atoms with Gasteiger partial charge in [0, 0.05) is 13.1 Å². The van der Waals surface area contributed by atoms with Crippen LogP contribution in [-0.2, 0) is 4.12 Å². The lowest BCUT2D eigenvalue weighted by Gasteiger charge is -2.33. The molecule has 0 fully saturated rings. The standard InChI is InChI=1S/C9H30NOSi4.CH3/c1-12(14(5,6)7)11-15(8,9)10-13(2,3)4;/h12H,10H2,1-9H3;1H3/q+1;-1. The van der Waals surface area contributed by atoms with Gasteiger partial charge in [0.1, 0.15) is 0 Å². The van der Waals surface area contributed by atoms with Crippen molar-refractivity contribution in [3.8, 4) is 0 Å². The van der Waals surface area contributed by atoms with Crippen molar-refractivity contribution in [2.75, 3.05) is 0 Å². The fourth-order valence-corrected chi connectivity index (χ4v) is 21.9. The average molecular weight is 296 g/mol. The molecule has 6 heteroatoms. The van der Waals surface area contributed by atoms with E-state index in [2.05, 4.69) is 63.6 Å². The highest BCUT2D eigenvalue weighted by atomic mass is 29.2. The van der Waals surface area contributed by atoms with Gasteiger partial charge in [-0.1, -0.05) is 26.2 Å². The van der Waals surface area contributed by atoms with Crippen LogP contribution >= 0.6 is 0 Å². The second-order valence-electron chi connectivity index (χ2n) is 7.24. The number of nitrogens with two attached hydrogens (primary N) is 1. The van der Waals surface area contributed by atoms with Crippen molar-refractivity contribution in [2.45, 2.75) is 58.9 Å². The second-order valence-corrected chi connectivity index (χ2v) is 30.9. The van der Waals surface area contributed by atoms with E-state index >= 15 is 0 Å². The minimum atomic E-state index is -1.48. The molecule has 0 aliphatic rings. The molecule has 0 aromatic carbocycles. The van der Waals surface area contributed by atoms with Crippen LogP contribution < -0.4 is 4.65 Å². The van der Waals surface area contributed by atoms with Crippen LogP contribution in [0.1, 0.15) is 0 Å². The Hall–Kier alpha value is 0.788. The predicted molar refractivity (Wildman–Crippen MR) is 86.6 cm³/mol. The summed E-state index contributed by atoms with van der Waals surface area (Å²) < 4.78 is 9.11. The molecule has 0 heterocycles. The molecule has 0 amide bonds. The van der Waals surface area contributed by atoms with E-state index in [0.717, 1.165) is 0 Å². The molecule has 0 aliphatic carbocycles. The van der Waals surface area contributed by atoms with Crippen molar-refractivity contribution in [2.24, 2.45) is 0 Å². The zero-order valence-electron chi connectivity index (χ0n) is 13.1. The molecule has 0 radical (unpaired) electrons. The molecule has 1 atom stereocenters. The Kier molecular flexibility index (Phi) is 7.30. The highest BCUT2D eigenvalue weighted by Gasteiger charge is 2.40. The highest BCUT2D eigenvalue weighted by molar-refractivity contribution is 7.30. The van der Waals surface area contributed by atoms with Crippen LogP contribution in [-0.4, -0.2) is 32.9 Å². The van der Waals surface area contributed by atoms with Gasteiger partial charge in [-0.25, -0.2) is 0 Å². The number of rotatable bonds is 5. The first-order valence-electron chi connectivity index (χ1n) is 5.88. The van der Waals surface area contributed by atoms with E-state index in [1.807, 2.05) is 0 Å². The van der Waals surface area contributed by atoms with E-state index in [1.54, 1.807) is 0 Å². The Morgan fingerprint density at radius 1 is 0.875 bits per heavy atom. The first-order chi connectivity index (χ1) is 6.33. The molecule has 0 rings (SSSR count). The summed E-state index contributed by atoms with van der Waals surface area (Å²) in [5, 5.41) is 0. The molecule has 0 saturated heterocycles. The fraction of sp³-hybridized carbons (Fsp3) is 0.900. The molecular weight excluding hydrogens is 262 g/mol. The van der Waals surface area contributed by atoms with Gasteiger partial charge in [-0.15, -0.1) is 0 Å². The van der Waals surface area contributed by atoms with Gasteiger partial charge < -0.3 is 16.2 Å². The Bertz CT molecular complexity index is 208. The van der Waals surface area contributed by atoms with E-state index in [4.69, 9.17) is 4.12 Å². The summed E-state index contributed by atoms with van der Waals surface area (Å²) in [5.41, 5.74) is 0. The van der Waals surface area contributed by atoms with E-state index in [9.17, 15) is 0 Å². The monoisotopic (exact) mass is 295 g/mol. The molecule has 0 aromatic heterocycles. The minimum Gasteiger partial charge on any atom is -0.445 e. The maximum atomic E-state index is 6.50. The average Bonchev–Trinajstić information content (AvgIpc) is 1.76. The Labute approximate surface area is 108 Å². The molecule has 2 nitrogen and oxygen atoms in total. The Balaban J connectivity index is 0. The first kappa shape index (κ1) is 19.1. The van der Waals surface area contributed by atoms with Crippen LogP contribution in [0.15, 0.2) is 0 Å². The summed E-state index contributed by atoms with van der Waals surface area (Å²) in [6, 6.07) is 0. The molecule has 0 aliphatic heterocycles. The SMILES string of the molecule is C[SiH](O[Si](C)(C)[NH2+][Si](C)(C)C)[Si](C)(C)C.[CH3-]. The van der Waals surface area contributed by atoms with Gasteiger partial charge in [-0.3, -0.25) is 0 Å². The van der Waals surface area contributed by atoms with Crippen LogP contribution in [0.3, 0.4) is 0 Å². The molecule has 0 spiro atoms. The maximum absolute atomic E-state index is 6.50. The van der Waals surface area contributed by atoms with Gasteiger partial charge in [0.05, 0.1) is 7.59 Å². The fourth-order valence-electron chi connectivity index (χ4n) is 1.71. The summed E-state index contributed by atoms with van der Waals surface area (Å²) in [6.45, 7) is 21.7. The van der Waals surface area contributed by atoms with Crippen LogP contribution in [0.5, 0.6) is 0 Å². The molecule has 100 valence electrons. The number of quaternary nitrogens is 1. The van der Waals surface area contributed by atoms with Gasteiger partial charge in [0.25, 0.3) is 8.24 Å². The van der Waals surface area contributed by atoms with Crippen molar-refractivity contribution in [3.63, 3.8) is 0 Å². The third-order valence-corrected chi connectivity index (χ3v) is 23.4. The largest absolute Gasteiger partial charge is 0.445 e. The summed E-state index contributed by atoms with van der Waals surface area (Å²) in [6.07, 6.45) is 0. The molecule has 1 unspecified atom stereocenters. The minimum absolute atomic E-state index is 0. The Morgan fingerprint density at radius 2 is 1.25 bits per heavy atom. The summed E-state index contributed by atoms with van der Waals surface area (Å²) in [4.78, 5) is 0. The molecule has 2 N–H and O–H groups in total. The van der Waals surface area contributed by atoms with Crippen LogP contribution in [0.25, 0.3) is 0 Å². The summed E-state index contributed by atoms with van der Waals surface area (Å²) in [7, 11) is -4.46. The molecular formula is C10H33NOSi4. The Morgan fingerprint density at radius 3 is 1.50 bits per heavy atom. The number of hydrogen-bond acceptors (Lipinski definition) is 1. The van der Waals surface area contributed by atoms with Gasteiger partial charge in [0.2, 0.25) is 0 Å². The normalized spacial score (nSPS) is 15.6. The van der Waals surface area contributed by atoms with Crippen molar-refractivity contribution in [1.29, 1.82) is 0 Å². The third kappa shape index (κ3) is 8.88. The van der Waals surface area contributed by atoms with Gasteiger partial charge in [-0.05, 0) is 19.6 Å². The quantitative estimate of drug-likeness (QED) is 0.611. The van der Waals surface area contributed by atoms with Gasteiger partial charge in [0.15, 0.2) is 8.56 Å². The zero-order chi connectivity index (χ0) is 12.5. The van der Waals surface area contributed by atoms with Crippen molar-refractivity contribution < 1.29 is 8.76 Å². The van der Waals surface area contributed by atoms with E-state index in [-0.39, 0.29) is 7.43 Å². The van der Waals surface area contributed by atoms with Crippen LogP contribution in [0.4, 0.5) is 0 Å². The molecule has 0 bridgehead atoms. The van der Waals surface area contributed by atoms with E-state index < -0.39 is 32.9 Å². The second kappa shape index (κ2) is 6.10. The maximum Gasteiger partial charge on any atom is 0.399 e. The summed E-state index contributed by atoms with van der Waals surface area (Å²) >= 11 is 0. The topological polar surface area (TPSA) is 25.8 Å². The van der Waals surface area contributed by atoms with Gasteiger partial charge in [-0.2, -0.15) is 0 Å². The first-order valence-corrected chi connectivity index (χ1v) is 19.4. The van der Waals surface area contributed by atoms with Crippen molar-refractivity contribution in [3.05, 3.63) is 7.43 Å². The van der Waals surface area contributed by atoms with E-state index in [1.165, 1.54) is 0 Å². The van der Waals surface area contributed by atoms with Crippen LogP contribution in [0, 0.1) is 7.43 Å². The molecule has 0 saturated carbocycles. The third-order valence-electron chi connectivity index (χ3n) is 2.48. The smallest absolute Gasteiger partial charge is 0.399 e. The predicted octanol–water partition coefficient (Wildman–Crippen LogP) is 2.32. The van der Waals surface area contributed by atoms with E-state index in [0.29, 0.717) is 0 Å². The lowest BCUT2D eigenvalue weighted by atomic mass is 11.8. The van der Waals surface area contributed by atoms with Gasteiger partial charge >= 0.3 is 8.48 Å². The van der Waals surface area contributed by atoms with Crippen molar-refractivity contribution >= 4 is 32.9 Å². The van der Waals surface area contributed by atoms with Crippen LogP contribution in [0.2, 0.25) is 58.9 Å². The summed E-state index contributed by atoms with van der Waals surface area (Å²) in [5.74, 6) is 0. The molecule has 16 heavy (non-hydrogen) atoms. The lowest BCUT2D eigenvalue weighted by Crippen LogP contribution is -3.09.